The highest BCUT2D eigenvalue weighted by Crippen LogP contribution is 2.31. The van der Waals surface area contributed by atoms with E-state index in [0.717, 1.165) is 46.0 Å². The van der Waals surface area contributed by atoms with Crippen LogP contribution in [0.15, 0.2) is 61.2 Å². The molecule has 0 unspecified atom stereocenters. The molecule has 0 aliphatic carbocycles. The lowest BCUT2D eigenvalue weighted by molar-refractivity contribution is -0.118. The van der Waals surface area contributed by atoms with Gasteiger partial charge in [0.15, 0.2) is 5.13 Å². The summed E-state index contributed by atoms with van der Waals surface area (Å²) in [6.45, 7) is 6.13. The van der Waals surface area contributed by atoms with Crippen LogP contribution in [-0.2, 0) is 24.2 Å². The fraction of sp³-hybridized carbons (Fsp3) is 0.320. The van der Waals surface area contributed by atoms with Gasteiger partial charge in [-0.2, -0.15) is 0 Å². The zero-order valence-electron chi connectivity index (χ0n) is 18.5. The minimum atomic E-state index is 0.0527. The van der Waals surface area contributed by atoms with E-state index in [1.807, 2.05) is 46.9 Å². The third-order valence-corrected chi connectivity index (χ3v) is 6.39. The molecule has 2 aromatic heterocycles. The molecule has 1 amide bonds. The molecule has 0 radical (unpaired) electrons. The van der Waals surface area contributed by atoms with Crippen LogP contribution in [0.25, 0.3) is 10.2 Å². The van der Waals surface area contributed by atoms with Crippen LogP contribution >= 0.6 is 11.3 Å². The van der Waals surface area contributed by atoms with Crippen molar-refractivity contribution in [3.05, 3.63) is 72.3 Å². The second-order valence-corrected chi connectivity index (χ2v) is 8.58. The van der Waals surface area contributed by atoms with E-state index in [1.165, 1.54) is 5.56 Å². The molecule has 4 rings (SSSR count). The van der Waals surface area contributed by atoms with Crippen molar-refractivity contribution in [3.63, 3.8) is 0 Å². The summed E-state index contributed by atoms with van der Waals surface area (Å²) < 4.78 is 8.66. The third kappa shape index (κ3) is 5.16. The lowest BCUT2D eigenvalue weighted by Crippen LogP contribution is -2.33. The highest BCUT2D eigenvalue weighted by atomic mass is 32.1. The molecule has 2 aromatic carbocycles. The van der Waals surface area contributed by atoms with Crippen LogP contribution in [-0.4, -0.2) is 33.6 Å². The van der Waals surface area contributed by atoms with Crippen molar-refractivity contribution in [3.8, 4) is 5.75 Å². The molecule has 4 aromatic rings. The lowest BCUT2D eigenvalue weighted by atomic mass is 10.1. The van der Waals surface area contributed by atoms with Gasteiger partial charge in [0.2, 0.25) is 5.91 Å². The summed E-state index contributed by atoms with van der Waals surface area (Å²) in [6.07, 6.45) is 7.58. The van der Waals surface area contributed by atoms with E-state index in [9.17, 15) is 4.79 Å². The van der Waals surface area contributed by atoms with Crippen molar-refractivity contribution in [1.29, 1.82) is 0 Å². The van der Waals surface area contributed by atoms with Crippen LogP contribution in [0.4, 0.5) is 5.13 Å². The number of ether oxygens (including phenoxy) is 1. The van der Waals surface area contributed by atoms with Gasteiger partial charge in [0, 0.05) is 25.5 Å². The minimum Gasteiger partial charge on any atom is -0.494 e. The van der Waals surface area contributed by atoms with Crippen LogP contribution in [0.5, 0.6) is 5.75 Å². The summed E-state index contributed by atoms with van der Waals surface area (Å²) in [5, 5.41) is 0.766. The van der Waals surface area contributed by atoms with E-state index >= 15 is 0 Å². The van der Waals surface area contributed by atoms with Gasteiger partial charge in [-0.1, -0.05) is 42.5 Å². The van der Waals surface area contributed by atoms with Gasteiger partial charge >= 0.3 is 0 Å². The average molecular weight is 449 g/mol. The Hall–Kier alpha value is -3.19. The first kappa shape index (κ1) is 22.0. The monoisotopic (exact) mass is 448 g/mol. The zero-order chi connectivity index (χ0) is 22.3. The van der Waals surface area contributed by atoms with Crippen molar-refractivity contribution < 1.29 is 9.53 Å². The number of hydrogen-bond donors (Lipinski definition) is 0. The smallest absolute Gasteiger partial charge is 0.233 e. The lowest BCUT2D eigenvalue weighted by Gasteiger charge is -2.20. The highest BCUT2D eigenvalue weighted by molar-refractivity contribution is 7.22. The maximum Gasteiger partial charge on any atom is 0.233 e. The number of anilines is 1. The Balaban J connectivity index is 1.55. The number of thiazole rings is 1. The normalized spacial score (nSPS) is 11.1. The SMILES string of the molecule is CCOc1ccc(CC(=O)N(CCCn2ccnc2)c2nc3c(CC)cccc3s2)cc1. The molecular formula is C25H28N4O2S. The number of fused-ring (bicyclic) bond motifs is 1. The van der Waals surface area contributed by atoms with Crippen molar-refractivity contribution in [2.75, 3.05) is 18.1 Å². The Morgan fingerprint density at radius 3 is 2.72 bits per heavy atom. The molecule has 166 valence electrons. The molecule has 0 atom stereocenters. The molecule has 0 aliphatic heterocycles. The molecule has 0 fully saturated rings. The Morgan fingerprint density at radius 2 is 2.00 bits per heavy atom. The van der Waals surface area contributed by atoms with Crippen LogP contribution < -0.4 is 9.64 Å². The minimum absolute atomic E-state index is 0.0527. The Morgan fingerprint density at radius 1 is 1.16 bits per heavy atom. The summed E-state index contributed by atoms with van der Waals surface area (Å²) in [5.41, 5.74) is 3.18. The molecule has 2 heterocycles. The third-order valence-electron chi connectivity index (χ3n) is 5.35. The second-order valence-electron chi connectivity index (χ2n) is 7.57. The second kappa shape index (κ2) is 10.4. The van der Waals surface area contributed by atoms with E-state index in [-0.39, 0.29) is 5.91 Å². The van der Waals surface area contributed by atoms with Crippen molar-refractivity contribution >= 4 is 32.6 Å². The molecule has 0 saturated carbocycles. The van der Waals surface area contributed by atoms with Gasteiger partial charge in [0.25, 0.3) is 0 Å². The van der Waals surface area contributed by atoms with Gasteiger partial charge < -0.3 is 9.30 Å². The predicted molar refractivity (Wildman–Crippen MR) is 130 cm³/mol. The quantitative estimate of drug-likeness (QED) is 0.338. The van der Waals surface area contributed by atoms with Gasteiger partial charge in [-0.15, -0.1) is 0 Å². The largest absolute Gasteiger partial charge is 0.494 e. The topological polar surface area (TPSA) is 60.2 Å². The molecule has 0 bridgehead atoms. The van der Waals surface area contributed by atoms with Crippen molar-refractivity contribution in [2.45, 2.75) is 39.7 Å². The number of carbonyl (C=O) groups is 1. The van der Waals surface area contributed by atoms with Crippen LogP contribution in [0.1, 0.15) is 31.4 Å². The number of carbonyl (C=O) groups excluding carboxylic acids is 1. The molecule has 32 heavy (non-hydrogen) atoms. The summed E-state index contributed by atoms with van der Waals surface area (Å²) in [4.78, 5) is 24.2. The Labute approximate surface area is 192 Å². The highest BCUT2D eigenvalue weighted by Gasteiger charge is 2.20. The van der Waals surface area contributed by atoms with E-state index in [1.54, 1.807) is 23.9 Å². The number of imidazole rings is 1. The van der Waals surface area contributed by atoms with E-state index in [4.69, 9.17) is 9.72 Å². The van der Waals surface area contributed by atoms with E-state index < -0.39 is 0 Å². The van der Waals surface area contributed by atoms with Crippen LogP contribution in [0.3, 0.4) is 0 Å². The number of rotatable bonds is 10. The Bertz CT molecular complexity index is 1150. The van der Waals surface area contributed by atoms with E-state index in [2.05, 4.69) is 30.1 Å². The first-order valence-electron chi connectivity index (χ1n) is 11.0. The number of aromatic nitrogens is 3. The predicted octanol–water partition coefficient (Wildman–Crippen LogP) is 5.12. The van der Waals surface area contributed by atoms with Crippen LogP contribution in [0, 0.1) is 0 Å². The van der Waals surface area contributed by atoms with Crippen molar-refractivity contribution in [2.24, 2.45) is 0 Å². The molecule has 0 N–H and O–H groups in total. The molecule has 6 nitrogen and oxygen atoms in total. The van der Waals surface area contributed by atoms with Gasteiger partial charge in [-0.05, 0) is 49.1 Å². The summed E-state index contributed by atoms with van der Waals surface area (Å²) >= 11 is 1.59. The molecule has 0 saturated heterocycles. The number of nitrogens with zero attached hydrogens (tertiary/aromatic N) is 4. The number of benzene rings is 2. The number of hydrogen-bond acceptors (Lipinski definition) is 5. The molecule has 0 spiro atoms. The first-order valence-corrected chi connectivity index (χ1v) is 11.9. The van der Waals surface area contributed by atoms with Crippen LogP contribution in [0.2, 0.25) is 0 Å². The zero-order valence-corrected chi connectivity index (χ0v) is 19.3. The average Bonchev–Trinajstić information content (AvgIpc) is 3.47. The van der Waals surface area contributed by atoms with E-state index in [0.29, 0.717) is 19.6 Å². The summed E-state index contributed by atoms with van der Waals surface area (Å²) in [5.74, 6) is 0.871. The van der Waals surface area contributed by atoms with Gasteiger partial charge in [-0.3, -0.25) is 9.69 Å². The van der Waals surface area contributed by atoms with Crippen molar-refractivity contribution in [1.82, 2.24) is 14.5 Å². The fourth-order valence-electron chi connectivity index (χ4n) is 3.69. The standard InChI is InChI=1S/C25H28N4O2S/c1-3-20-7-5-8-22-24(20)27-25(32-22)29(15-6-14-28-16-13-26-18-28)23(30)17-19-9-11-21(12-10-19)31-4-2/h5,7-13,16,18H,3-4,6,14-15,17H2,1-2H3. The Kier molecular flexibility index (Phi) is 7.17. The number of aryl methyl sites for hydroxylation is 2. The van der Waals surface area contributed by atoms with Gasteiger partial charge in [0.1, 0.15) is 5.75 Å². The molecular weight excluding hydrogens is 420 g/mol. The maximum atomic E-state index is 13.4. The molecule has 7 heteroatoms. The first-order chi connectivity index (χ1) is 15.7. The maximum absolute atomic E-state index is 13.4. The fourth-order valence-corrected chi connectivity index (χ4v) is 4.75. The summed E-state index contributed by atoms with van der Waals surface area (Å²) in [7, 11) is 0. The summed E-state index contributed by atoms with van der Waals surface area (Å²) in [6, 6.07) is 14.0. The number of para-hydroxylation sites is 1. The van der Waals surface area contributed by atoms with Gasteiger partial charge in [-0.25, -0.2) is 9.97 Å². The van der Waals surface area contributed by atoms with Gasteiger partial charge in [0.05, 0.1) is 29.6 Å². The molecule has 0 aliphatic rings. The number of amides is 1.